The summed E-state index contributed by atoms with van der Waals surface area (Å²) >= 11 is 0. The first-order chi connectivity index (χ1) is 7.57. The van der Waals surface area contributed by atoms with Crippen molar-refractivity contribution >= 4 is 5.78 Å². The van der Waals surface area contributed by atoms with Gasteiger partial charge in [0.05, 0.1) is 12.6 Å². The number of nitrogens with zero attached hydrogens (tertiary/aromatic N) is 1. The molecule has 0 aromatic carbocycles. The highest BCUT2D eigenvalue weighted by molar-refractivity contribution is 6.00. The summed E-state index contributed by atoms with van der Waals surface area (Å²) in [5, 5.41) is 0. The lowest BCUT2D eigenvalue weighted by molar-refractivity contribution is 0.0931. The Hall–Kier alpha value is -1.42. The second kappa shape index (κ2) is 5.61. The van der Waals surface area contributed by atoms with Crippen LogP contribution in [0.5, 0.6) is 5.75 Å². The SMILES string of the molecule is CCOc1cccnc1C(=O)[C@@H](N)C(C)C. The molecule has 0 unspecified atom stereocenters. The lowest BCUT2D eigenvalue weighted by Crippen LogP contribution is -2.36. The summed E-state index contributed by atoms with van der Waals surface area (Å²) in [5.41, 5.74) is 6.14. The van der Waals surface area contributed by atoms with Gasteiger partial charge in [0.2, 0.25) is 5.78 Å². The molecule has 0 saturated carbocycles. The highest BCUT2D eigenvalue weighted by Crippen LogP contribution is 2.18. The minimum Gasteiger partial charge on any atom is -0.491 e. The summed E-state index contributed by atoms with van der Waals surface area (Å²) in [6, 6.07) is 2.94. The molecule has 16 heavy (non-hydrogen) atoms. The van der Waals surface area contributed by atoms with Crippen LogP contribution in [0.1, 0.15) is 31.3 Å². The normalized spacial score (nSPS) is 12.6. The molecule has 0 aliphatic carbocycles. The van der Waals surface area contributed by atoms with Crippen LogP contribution in [-0.4, -0.2) is 23.4 Å². The second-order valence-electron chi connectivity index (χ2n) is 3.92. The van der Waals surface area contributed by atoms with E-state index >= 15 is 0 Å². The van der Waals surface area contributed by atoms with E-state index in [1.165, 1.54) is 0 Å². The van der Waals surface area contributed by atoms with E-state index in [1.807, 2.05) is 20.8 Å². The van der Waals surface area contributed by atoms with Crippen molar-refractivity contribution in [2.45, 2.75) is 26.8 Å². The summed E-state index contributed by atoms with van der Waals surface area (Å²) in [6.07, 6.45) is 1.57. The molecule has 0 saturated heterocycles. The highest BCUT2D eigenvalue weighted by atomic mass is 16.5. The number of Topliss-reactive ketones (excluding diaryl/α,β-unsaturated/α-hetero) is 1. The first-order valence-electron chi connectivity index (χ1n) is 5.45. The Morgan fingerprint density at radius 2 is 2.25 bits per heavy atom. The molecule has 1 heterocycles. The molecule has 4 nitrogen and oxygen atoms in total. The molecule has 0 fully saturated rings. The third-order valence-corrected chi connectivity index (χ3v) is 2.32. The fourth-order valence-electron chi connectivity index (χ4n) is 1.31. The predicted octanol–water partition coefficient (Wildman–Crippen LogP) is 1.65. The molecule has 1 aromatic heterocycles. The maximum Gasteiger partial charge on any atom is 0.201 e. The zero-order chi connectivity index (χ0) is 12.1. The fourth-order valence-corrected chi connectivity index (χ4v) is 1.31. The molecular weight excluding hydrogens is 204 g/mol. The minimum absolute atomic E-state index is 0.0870. The Kier molecular flexibility index (Phi) is 4.43. The summed E-state index contributed by atoms with van der Waals surface area (Å²) in [5.74, 6) is 0.425. The van der Waals surface area contributed by atoms with Crippen LogP contribution < -0.4 is 10.5 Å². The van der Waals surface area contributed by atoms with Crippen LogP contribution in [0.15, 0.2) is 18.3 Å². The Morgan fingerprint density at radius 3 is 2.81 bits per heavy atom. The molecule has 0 radical (unpaired) electrons. The third-order valence-electron chi connectivity index (χ3n) is 2.32. The van der Waals surface area contributed by atoms with Crippen LogP contribution in [-0.2, 0) is 0 Å². The average molecular weight is 222 g/mol. The van der Waals surface area contributed by atoms with E-state index in [0.29, 0.717) is 18.1 Å². The summed E-state index contributed by atoms with van der Waals surface area (Å²) < 4.78 is 5.35. The van der Waals surface area contributed by atoms with Gasteiger partial charge in [-0.3, -0.25) is 4.79 Å². The monoisotopic (exact) mass is 222 g/mol. The van der Waals surface area contributed by atoms with E-state index in [4.69, 9.17) is 10.5 Å². The maximum atomic E-state index is 12.0. The molecule has 0 aliphatic rings. The number of carbonyl (C=O) groups is 1. The van der Waals surface area contributed by atoms with Crippen LogP contribution in [0, 0.1) is 5.92 Å². The number of carbonyl (C=O) groups excluding carboxylic acids is 1. The van der Waals surface area contributed by atoms with Gasteiger partial charge in [-0.15, -0.1) is 0 Å². The van der Waals surface area contributed by atoms with E-state index in [2.05, 4.69) is 4.98 Å². The van der Waals surface area contributed by atoms with Crippen molar-refractivity contribution in [2.24, 2.45) is 11.7 Å². The van der Waals surface area contributed by atoms with E-state index in [0.717, 1.165) is 0 Å². The van der Waals surface area contributed by atoms with Gasteiger partial charge in [0, 0.05) is 6.20 Å². The fraction of sp³-hybridized carbons (Fsp3) is 0.500. The van der Waals surface area contributed by atoms with Crippen molar-refractivity contribution in [1.29, 1.82) is 0 Å². The number of hydrogen-bond donors (Lipinski definition) is 1. The summed E-state index contributed by atoms with van der Waals surface area (Å²) in [7, 11) is 0. The molecule has 0 bridgehead atoms. The Morgan fingerprint density at radius 1 is 1.56 bits per heavy atom. The van der Waals surface area contributed by atoms with Crippen LogP contribution >= 0.6 is 0 Å². The van der Waals surface area contributed by atoms with E-state index in [1.54, 1.807) is 18.3 Å². The molecule has 88 valence electrons. The zero-order valence-corrected chi connectivity index (χ0v) is 9.93. The number of nitrogens with two attached hydrogens (primary N) is 1. The van der Waals surface area contributed by atoms with Crippen molar-refractivity contribution < 1.29 is 9.53 Å². The molecule has 4 heteroatoms. The number of ketones is 1. The molecule has 0 amide bonds. The molecular formula is C12H18N2O2. The van der Waals surface area contributed by atoms with Crippen molar-refractivity contribution in [2.75, 3.05) is 6.61 Å². The van der Waals surface area contributed by atoms with Gasteiger partial charge >= 0.3 is 0 Å². The second-order valence-corrected chi connectivity index (χ2v) is 3.92. The number of pyridine rings is 1. The Labute approximate surface area is 95.8 Å². The molecule has 0 aliphatic heterocycles. The quantitative estimate of drug-likeness (QED) is 0.769. The van der Waals surface area contributed by atoms with E-state index < -0.39 is 6.04 Å². The Balaban J connectivity index is 2.98. The van der Waals surface area contributed by atoms with Gasteiger partial charge in [-0.1, -0.05) is 13.8 Å². The maximum absolute atomic E-state index is 12.0. The average Bonchev–Trinajstić information content (AvgIpc) is 2.28. The topological polar surface area (TPSA) is 65.2 Å². The van der Waals surface area contributed by atoms with Gasteiger partial charge in [-0.25, -0.2) is 4.98 Å². The largest absolute Gasteiger partial charge is 0.491 e. The number of rotatable bonds is 5. The van der Waals surface area contributed by atoms with Crippen molar-refractivity contribution in [3.05, 3.63) is 24.0 Å². The molecule has 1 atom stereocenters. The number of ether oxygens (including phenoxy) is 1. The predicted molar refractivity (Wildman–Crippen MR) is 62.5 cm³/mol. The first-order valence-corrected chi connectivity index (χ1v) is 5.45. The summed E-state index contributed by atoms with van der Waals surface area (Å²) in [4.78, 5) is 16.1. The number of aromatic nitrogens is 1. The van der Waals surface area contributed by atoms with Gasteiger partial charge in [0.1, 0.15) is 11.4 Å². The van der Waals surface area contributed by atoms with Gasteiger partial charge in [-0.2, -0.15) is 0 Å². The Bertz CT molecular complexity index is 364. The molecule has 1 aromatic rings. The lowest BCUT2D eigenvalue weighted by Gasteiger charge is -2.15. The van der Waals surface area contributed by atoms with Gasteiger partial charge < -0.3 is 10.5 Å². The van der Waals surface area contributed by atoms with Crippen LogP contribution in [0.4, 0.5) is 0 Å². The van der Waals surface area contributed by atoms with Crippen molar-refractivity contribution in [3.63, 3.8) is 0 Å². The number of hydrogen-bond acceptors (Lipinski definition) is 4. The third kappa shape index (κ3) is 2.79. The minimum atomic E-state index is -0.533. The van der Waals surface area contributed by atoms with Gasteiger partial charge in [0.15, 0.2) is 0 Å². The van der Waals surface area contributed by atoms with E-state index in [9.17, 15) is 4.79 Å². The van der Waals surface area contributed by atoms with Crippen LogP contribution in [0.2, 0.25) is 0 Å². The van der Waals surface area contributed by atoms with Gasteiger partial charge in [0.25, 0.3) is 0 Å². The zero-order valence-electron chi connectivity index (χ0n) is 9.93. The highest BCUT2D eigenvalue weighted by Gasteiger charge is 2.23. The molecule has 0 spiro atoms. The smallest absolute Gasteiger partial charge is 0.201 e. The van der Waals surface area contributed by atoms with Crippen molar-refractivity contribution in [1.82, 2.24) is 4.98 Å². The first kappa shape index (κ1) is 12.6. The van der Waals surface area contributed by atoms with Gasteiger partial charge in [-0.05, 0) is 25.0 Å². The standard InChI is InChI=1S/C12H18N2O2/c1-4-16-9-6-5-7-14-11(9)12(15)10(13)8(2)3/h5-8,10H,4,13H2,1-3H3/t10-/m0/s1. The lowest BCUT2D eigenvalue weighted by atomic mass is 9.98. The van der Waals surface area contributed by atoms with Crippen LogP contribution in [0.3, 0.4) is 0 Å². The molecule has 1 rings (SSSR count). The van der Waals surface area contributed by atoms with Crippen molar-refractivity contribution in [3.8, 4) is 5.75 Å². The summed E-state index contributed by atoms with van der Waals surface area (Å²) in [6.45, 7) is 6.18. The van der Waals surface area contributed by atoms with Crippen LogP contribution in [0.25, 0.3) is 0 Å². The molecule has 2 N–H and O–H groups in total. The van der Waals surface area contributed by atoms with E-state index in [-0.39, 0.29) is 11.7 Å².